The van der Waals surface area contributed by atoms with E-state index in [1.54, 1.807) is 0 Å². The van der Waals surface area contributed by atoms with E-state index in [0.29, 0.717) is 25.7 Å². The Bertz CT molecular complexity index is 212. The molecule has 3 nitrogen and oxygen atoms in total. The molecule has 0 bridgehead atoms. The van der Waals surface area contributed by atoms with Gasteiger partial charge in [-0.25, -0.2) is 8.42 Å². The van der Waals surface area contributed by atoms with Crippen molar-refractivity contribution in [2.75, 3.05) is 6.26 Å². The fraction of sp³-hybridized carbons (Fsp3) is 1.00. The van der Waals surface area contributed by atoms with E-state index in [2.05, 4.69) is 0 Å². The molecule has 11 heavy (non-hydrogen) atoms. The normalized spacial score (nSPS) is 33.6. The summed E-state index contributed by atoms with van der Waals surface area (Å²) in [6, 6.07) is 0. The van der Waals surface area contributed by atoms with Gasteiger partial charge in [0.25, 0.3) is 0 Å². The number of sulfone groups is 1. The summed E-state index contributed by atoms with van der Waals surface area (Å²) in [5.41, 5.74) is 0. The van der Waals surface area contributed by atoms with Gasteiger partial charge in [-0.1, -0.05) is 0 Å². The van der Waals surface area contributed by atoms with Crippen LogP contribution in [0.1, 0.15) is 25.7 Å². The molecule has 0 aromatic heterocycles. The molecule has 1 rings (SSSR count). The van der Waals surface area contributed by atoms with Gasteiger partial charge >= 0.3 is 0 Å². The van der Waals surface area contributed by atoms with Crippen LogP contribution >= 0.6 is 0 Å². The lowest BCUT2D eigenvalue weighted by molar-refractivity contribution is 0.131. The molecule has 1 N–H and O–H groups in total. The molecule has 0 amide bonds. The van der Waals surface area contributed by atoms with E-state index in [1.807, 2.05) is 0 Å². The average molecular weight is 178 g/mol. The highest BCUT2D eigenvalue weighted by molar-refractivity contribution is 7.91. The van der Waals surface area contributed by atoms with E-state index in [-0.39, 0.29) is 11.4 Å². The quantitative estimate of drug-likeness (QED) is 0.629. The second-order valence-corrected chi connectivity index (χ2v) is 5.59. The van der Waals surface area contributed by atoms with Crippen molar-refractivity contribution in [2.45, 2.75) is 37.0 Å². The Balaban J connectivity index is 2.53. The van der Waals surface area contributed by atoms with Gasteiger partial charge in [0, 0.05) is 6.26 Å². The van der Waals surface area contributed by atoms with Gasteiger partial charge < -0.3 is 5.11 Å². The fourth-order valence-electron chi connectivity index (χ4n) is 1.47. The third-order valence-electron chi connectivity index (χ3n) is 2.25. The Hall–Kier alpha value is -0.0900. The number of hydrogen-bond donors (Lipinski definition) is 1. The summed E-state index contributed by atoms with van der Waals surface area (Å²) in [6.07, 6.45) is 3.53. The molecule has 0 spiro atoms. The maximum Gasteiger partial charge on any atom is 0.150 e. The van der Waals surface area contributed by atoms with Crippen molar-refractivity contribution < 1.29 is 13.5 Å². The summed E-state index contributed by atoms with van der Waals surface area (Å²) >= 11 is 0. The fourth-order valence-corrected chi connectivity index (χ4v) is 2.60. The van der Waals surface area contributed by atoms with Crippen molar-refractivity contribution in [2.24, 2.45) is 0 Å². The monoisotopic (exact) mass is 178 g/mol. The predicted molar refractivity (Wildman–Crippen MR) is 43.1 cm³/mol. The Morgan fingerprint density at radius 2 is 1.64 bits per heavy atom. The molecule has 0 aromatic carbocycles. The predicted octanol–water partition coefficient (Wildman–Crippen LogP) is 0.334. The first-order valence-electron chi connectivity index (χ1n) is 3.87. The lowest BCUT2D eigenvalue weighted by Gasteiger charge is -2.23. The maximum atomic E-state index is 11.0. The molecule has 0 aromatic rings. The van der Waals surface area contributed by atoms with Gasteiger partial charge in [-0.3, -0.25) is 0 Å². The summed E-state index contributed by atoms with van der Waals surface area (Å²) in [7, 11) is -2.86. The molecule has 0 aliphatic heterocycles. The summed E-state index contributed by atoms with van der Waals surface area (Å²) in [6.45, 7) is 0. The van der Waals surface area contributed by atoms with Crippen LogP contribution in [0.25, 0.3) is 0 Å². The first kappa shape index (κ1) is 9.00. The van der Waals surface area contributed by atoms with Crippen molar-refractivity contribution in [3.63, 3.8) is 0 Å². The van der Waals surface area contributed by atoms with Crippen LogP contribution in [0.15, 0.2) is 0 Å². The van der Waals surface area contributed by atoms with E-state index in [4.69, 9.17) is 5.11 Å². The molecule has 0 atom stereocenters. The second kappa shape index (κ2) is 3.11. The van der Waals surface area contributed by atoms with E-state index in [1.165, 1.54) is 6.26 Å². The molecule has 1 aliphatic rings. The Morgan fingerprint density at radius 3 is 2.00 bits per heavy atom. The van der Waals surface area contributed by atoms with Crippen LogP contribution in [0.2, 0.25) is 0 Å². The Kier molecular flexibility index (Phi) is 2.54. The SMILES string of the molecule is CS(=O)(=O)[C@H]1CC[C@@H](O)CC1. The third-order valence-corrected chi connectivity index (χ3v) is 3.93. The van der Waals surface area contributed by atoms with Gasteiger partial charge in [0.2, 0.25) is 0 Å². The molecule has 66 valence electrons. The topological polar surface area (TPSA) is 54.4 Å². The average Bonchev–Trinajstić information content (AvgIpc) is 1.86. The minimum absolute atomic E-state index is 0.203. The highest BCUT2D eigenvalue weighted by Crippen LogP contribution is 2.23. The van der Waals surface area contributed by atoms with Crippen LogP contribution < -0.4 is 0 Å². The largest absolute Gasteiger partial charge is 0.393 e. The summed E-state index contributed by atoms with van der Waals surface area (Å²) < 4.78 is 22.0. The van der Waals surface area contributed by atoms with Crippen LogP contribution in [0, 0.1) is 0 Å². The van der Waals surface area contributed by atoms with Gasteiger partial charge in [0.15, 0.2) is 0 Å². The van der Waals surface area contributed by atoms with Gasteiger partial charge in [0.1, 0.15) is 9.84 Å². The molecular formula is C7H14O3S. The highest BCUT2D eigenvalue weighted by atomic mass is 32.2. The molecule has 0 saturated heterocycles. The number of aliphatic hydroxyl groups is 1. The molecule has 1 fully saturated rings. The molecule has 0 heterocycles. The molecular weight excluding hydrogens is 164 g/mol. The van der Waals surface area contributed by atoms with Crippen LogP contribution in [-0.2, 0) is 9.84 Å². The lowest BCUT2D eigenvalue weighted by atomic mass is 9.97. The maximum absolute atomic E-state index is 11.0. The number of rotatable bonds is 1. The first-order valence-corrected chi connectivity index (χ1v) is 5.82. The van der Waals surface area contributed by atoms with Crippen molar-refractivity contribution in [1.29, 1.82) is 0 Å². The van der Waals surface area contributed by atoms with Gasteiger partial charge in [-0.2, -0.15) is 0 Å². The zero-order valence-corrected chi connectivity index (χ0v) is 7.47. The number of hydrogen-bond acceptors (Lipinski definition) is 3. The van der Waals surface area contributed by atoms with Crippen LogP contribution in [0.4, 0.5) is 0 Å². The second-order valence-electron chi connectivity index (χ2n) is 3.26. The van der Waals surface area contributed by atoms with Crippen LogP contribution in [0.3, 0.4) is 0 Å². The third kappa shape index (κ3) is 2.45. The van der Waals surface area contributed by atoms with E-state index >= 15 is 0 Å². The smallest absolute Gasteiger partial charge is 0.150 e. The van der Waals surface area contributed by atoms with Crippen molar-refractivity contribution in [3.8, 4) is 0 Å². The van der Waals surface area contributed by atoms with Crippen LogP contribution in [0.5, 0.6) is 0 Å². The highest BCUT2D eigenvalue weighted by Gasteiger charge is 2.26. The zero-order valence-electron chi connectivity index (χ0n) is 6.66. The minimum atomic E-state index is -2.86. The molecule has 1 saturated carbocycles. The first-order chi connectivity index (χ1) is 5.00. The van der Waals surface area contributed by atoms with Gasteiger partial charge in [-0.15, -0.1) is 0 Å². The van der Waals surface area contributed by atoms with Crippen molar-refractivity contribution >= 4 is 9.84 Å². The van der Waals surface area contributed by atoms with E-state index in [0.717, 1.165) is 0 Å². The van der Waals surface area contributed by atoms with E-state index < -0.39 is 9.84 Å². The molecule has 0 unspecified atom stereocenters. The number of aliphatic hydroxyl groups excluding tert-OH is 1. The van der Waals surface area contributed by atoms with Gasteiger partial charge in [-0.05, 0) is 25.7 Å². The van der Waals surface area contributed by atoms with Crippen molar-refractivity contribution in [3.05, 3.63) is 0 Å². The Labute approximate surface area is 67.3 Å². The van der Waals surface area contributed by atoms with Crippen LogP contribution in [-0.4, -0.2) is 31.1 Å². The van der Waals surface area contributed by atoms with Gasteiger partial charge in [0.05, 0.1) is 11.4 Å². The minimum Gasteiger partial charge on any atom is -0.393 e. The summed E-state index contributed by atoms with van der Waals surface area (Å²) in [4.78, 5) is 0. The van der Waals surface area contributed by atoms with Crippen molar-refractivity contribution in [1.82, 2.24) is 0 Å². The molecule has 1 aliphatic carbocycles. The molecule has 4 heteroatoms. The Morgan fingerprint density at radius 1 is 1.18 bits per heavy atom. The molecule has 0 radical (unpaired) electrons. The van der Waals surface area contributed by atoms with E-state index in [9.17, 15) is 8.42 Å². The standard InChI is InChI=1S/C7H14O3S/c1-11(9,10)7-4-2-6(8)3-5-7/h6-8H,2-5H2,1H3/t6-,7+. The zero-order chi connectivity index (χ0) is 8.48. The summed E-state index contributed by atoms with van der Waals surface area (Å²) in [5, 5.41) is 8.89. The lowest BCUT2D eigenvalue weighted by Crippen LogP contribution is -2.28. The summed E-state index contributed by atoms with van der Waals surface area (Å²) in [5.74, 6) is 0.